The molecule has 0 spiro atoms. The van der Waals surface area contributed by atoms with E-state index in [0.29, 0.717) is 28.1 Å². The summed E-state index contributed by atoms with van der Waals surface area (Å²) in [5.41, 5.74) is 8.30. The molecule has 0 saturated heterocycles. The van der Waals surface area contributed by atoms with E-state index in [9.17, 15) is 10.1 Å². The number of nitrogens with two attached hydrogens (primary N) is 1. The van der Waals surface area contributed by atoms with Gasteiger partial charge < -0.3 is 5.73 Å². The third-order valence-corrected chi connectivity index (χ3v) is 4.27. The molecule has 0 aromatic carbocycles. The van der Waals surface area contributed by atoms with Crippen LogP contribution in [0.5, 0.6) is 0 Å². The van der Waals surface area contributed by atoms with Crippen LogP contribution in [0.25, 0.3) is 16.7 Å². The predicted octanol–water partition coefficient (Wildman–Crippen LogP) is 1.87. The highest BCUT2D eigenvalue weighted by atomic mass is 16.1. The SMILES string of the molecule is CC[C@H](C)[n+]1c(N)c(C#N)cc2c(=O)n3cccc(C)c3nc21. The van der Waals surface area contributed by atoms with Crippen molar-refractivity contribution in [3.63, 3.8) is 0 Å². The van der Waals surface area contributed by atoms with Crippen molar-refractivity contribution in [2.45, 2.75) is 33.2 Å². The van der Waals surface area contributed by atoms with Crippen LogP contribution in [0.15, 0.2) is 29.2 Å². The number of hydrogen-bond donors (Lipinski definition) is 1. The van der Waals surface area contributed by atoms with E-state index < -0.39 is 0 Å². The second kappa shape index (κ2) is 5.36. The fourth-order valence-electron chi connectivity index (χ4n) is 2.79. The molecule has 3 rings (SSSR count). The lowest BCUT2D eigenvalue weighted by molar-refractivity contribution is -0.683. The quantitative estimate of drug-likeness (QED) is 0.578. The maximum Gasteiger partial charge on any atom is 0.278 e. The van der Waals surface area contributed by atoms with Crippen molar-refractivity contribution >= 4 is 22.5 Å². The van der Waals surface area contributed by atoms with Crippen LogP contribution in [0.1, 0.15) is 37.4 Å². The van der Waals surface area contributed by atoms with Crippen LogP contribution in [0, 0.1) is 18.3 Å². The summed E-state index contributed by atoms with van der Waals surface area (Å²) in [7, 11) is 0. The molecule has 3 heterocycles. The van der Waals surface area contributed by atoms with E-state index in [-0.39, 0.29) is 11.6 Å². The Balaban J connectivity index is 2.61. The second-order valence-electron chi connectivity index (χ2n) is 5.72. The molecular weight excluding hydrogens is 290 g/mol. The van der Waals surface area contributed by atoms with Crippen LogP contribution in [0.4, 0.5) is 5.82 Å². The van der Waals surface area contributed by atoms with Gasteiger partial charge in [0.15, 0.2) is 0 Å². The van der Waals surface area contributed by atoms with Gasteiger partial charge in [-0.15, -0.1) is 0 Å². The summed E-state index contributed by atoms with van der Waals surface area (Å²) in [5, 5.41) is 9.73. The first-order valence-corrected chi connectivity index (χ1v) is 7.55. The number of anilines is 1. The Labute approximate surface area is 133 Å². The summed E-state index contributed by atoms with van der Waals surface area (Å²) < 4.78 is 3.30. The Morgan fingerprint density at radius 1 is 1.52 bits per heavy atom. The van der Waals surface area contributed by atoms with Gasteiger partial charge in [-0.3, -0.25) is 9.20 Å². The third kappa shape index (κ3) is 2.13. The highest BCUT2D eigenvalue weighted by Gasteiger charge is 2.24. The molecule has 23 heavy (non-hydrogen) atoms. The summed E-state index contributed by atoms with van der Waals surface area (Å²) in [6, 6.07) is 7.36. The highest BCUT2D eigenvalue weighted by Crippen LogP contribution is 2.18. The molecule has 3 aromatic heterocycles. The second-order valence-corrected chi connectivity index (χ2v) is 5.72. The Morgan fingerprint density at radius 3 is 2.91 bits per heavy atom. The first-order chi connectivity index (χ1) is 11.0. The summed E-state index contributed by atoms with van der Waals surface area (Å²) in [5.74, 6) is 0.346. The van der Waals surface area contributed by atoms with Crippen molar-refractivity contribution in [3.8, 4) is 6.07 Å². The maximum absolute atomic E-state index is 12.8. The monoisotopic (exact) mass is 308 g/mol. The minimum atomic E-state index is -0.192. The molecule has 0 radical (unpaired) electrons. The van der Waals surface area contributed by atoms with Gasteiger partial charge in [-0.25, -0.2) is 4.57 Å². The van der Waals surface area contributed by atoms with Gasteiger partial charge in [-0.2, -0.15) is 5.26 Å². The number of fused-ring (bicyclic) bond motifs is 2. The lowest BCUT2D eigenvalue weighted by atomic mass is 10.1. The Kier molecular flexibility index (Phi) is 3.49. The smallest absolute Gasteiger partial charge is 0.278 e. The molecular formula is C17H18N5O+. The van der Waals surface area contributed by atoms with Gasteiger partial charge in [0.05, 0.1) is 6.04 Å². The average molecular weight is 308 g/mol. The van der Waals surface area contributed by atoms with Crippen molar-refractivity contribution < 1.29 is 4.57 Å². The minimum absolute atomic E-state index is 0.0316. The average Bonchev–Trinajstić information content (AvgIpc) is 2.55. The molecule has 0 fully saturated rings. The Bertz CT molecular complexity index is 1030. The van der Waals surface area contributed by atoms with Gasteiger partial charge >= 0.3 is 0 Å². The number of nitriles is 1. The third-order valence-electron chi connectivity index (χ3n) is 4.27. The molecule has 0 aliphatic heterocycles. The summed E-state index contributed by atoms with van der Waals surface area (Å²) in [6.45, 7) is 5.94. The summed E-state index contributed by atoms with van der Waals surface area (Å²) >= 11 is 0. The lowest BCUT2D eigenvalue weighted by Crippen LogP contribution is -2.44. The topological polar surface area (TPSA) is 88.1 Å². The molecule has 3 aromatic rings. The van der Waals surface area contributed by atoms with Crippen molar-refractivity contribution in [1.82, 2.24) is 9.38 Å². The van der Waals surface area contributed by atoms with Crippen LogP contribution in [0.3, 0.4) is 0 Å². The van der Waals surface area contributed by atoms with E-state index in [1.165, 1.54) is 10.5 Å². The van der Waals surface area contributed by atoms with Crippen molar-refractivity contribution in [2.75, 3.05) is 5.73 Å². The zero-order valence-electron chi connectivity index (χ0n) is 13.4. The van der Waals surface area contributed by atoms with Crippen LogP contribution >= 0.6 is 0 Å². The summed E-state index contributed by atoms with van der Waals surface area (Å²) in [4.78, 5) is 17.5. The van der Waals surface area contributed by atoms with Crippen molar-refractivity contribution in [2.24, 2.45) is 0 Å². The van der Waals surface area contributed by atoms with Crippen LogP contribution in [0.2, 0.25) is 0 Å². The molecule has 0 unspecified atom stereocenters. The number of nitrogens with zero attached hydrogens (tertiary/aromatic N) is 4. The number of nitrogen functional groups attached to an aromatic ring is 1. The first kappa shape index (κ1) is 15.0. The van der Waals surface area contributed by atoms with Gasteiger partial charge in [0.2, 0.25) is 11.5 Å². The maximum atomic E-state index is 12.8. The number of aromatic nitrogens is 3. The van der Waals surface area contributed by atoms with Gasteiger partial charge in [-0.05, 0) is 32.4 Å². The standard InChI is InChI=1S/C17H17N5O/c1-4-11(3)22-14(19)12(9-18)8-13-16(22)20-15-10(2)6-5-7-21(15)17(13)23/h5-8,11,19H,4H2,1-3H3/p+1/t11-/m0/s1. The van der Waals surface area contributed by atoms with Gasteiger partial charge in [0.25, 0.3) is 11.2 Å². The highest BCUT2D eigenvalue weighted by molar-refractivity contribution is 5.77. The molecule has 6 heteroatoms. The van der Waals surface area contributed by atoms with Gasteiger partial charge in [0, 0.05) is 11.8 Å². The van der Waals surface area contributed by atoms with Crippen LogP contribution < -0.4 is 15.9 Å². The number of pyridine rings is 2. The van der Waals surface area contributed by atoms with Crippen molar-refractivity contribution in [1.29, 1.82) is 5.26 Å². The first-order valence-electron chi connectivity index (χ1n) is 7.55. The number of rotatable bonds is 2. The molecule has 1 atom stereocenters. The minimum Gasteiger partial charge on any atom is -0.317 e. The van der Waals surface area contributed by atoms with E-state index in [1.54, 1.807) is 10.8 Å². The molecule has 0 amide bonds. The number of hydrogen-bond acceptors (Lipinski definition) is 4. The number of aryl methyl sites for hydroxylation is 1. The zero-order chi connectivity index (χ0) is 16.7. The Hall–Kier alpha value is -2.94. The van der Waals surface area contributed by atoms with Gasteiger partial charge in [-0.1, -0.05) is 18.0 Å². The van der Waals surface area contributed by atoms with Crippen LogP contribution in [-0.4, -0.2) is 9.38 Å². The largest absolute Gasteiger partial charge is 0.317 e. The zero-order valence-corrected chi connectivity index (χ0v) is 13.4. The molecule has 6 nitrogen and oxygen atoms in total. The van der Waals surface area contributed by atoms with E-state index in [2.05, 4.69) is 11.1 Å². The molecule has 0 bridgehead atoms. The van der Waals surface area contributed by atoms with Crippen molar-refractivity contribution in [3.05, 3.63) is 45.9 Å². The van der Waals surface area contributed by atoms with E-state index >= 15 is 0 Å². The molecule has 2 N–H and O–H groups in total. The van der Waals surface area contributed by atoms with E-state index in [1.807, 2.05) is 32.9 Å². The molecule has 0 aliphatic carbocycles. The fourth-order valence-corrected chi connectivity index (χ4v) is 2.79. The predicted molar refractivity (Wildman–Crippen MR) is 88.0 cm³/mol. The fraction of sp³-hybridized carbons (Fsp3) is 0.294. The Morgan fingerprint density at radius 2 is 2.26 bits per heavy atom. The van der Waals surface area contributed by atoms with Gasteiger partial charge in [0.1, 0.15) is 17.0 Å². The van der Waals surface area contributed by atoms with E-state index in [4.69, 9.17) is 5.73 Å². The molecule has 0 saturated carbocycles. The summed E-state index contributed by atoms with van der Waals surface area (Å²) in [6.07, 6.45) is 2.50. The van der Waals surface area contributed by atoms with E-state index in [0.717, 1.165) is 12.0 Å². The lowest BCUT2D eigenvalue weighted by Gasteiger charge is -2.14. The molecule has 0 aliphatic rings. The molecule has 116 valence electrons. The normalized spacial score (nSPS) is 12.4. The van der Waals surface area contributed by atoms with Crippen LogP contribution in [-0.2, 0) is 0 Å².